The van der Waals surface area contributed by atoms with Gasteiger partial charge in [-0.15, -0.1) is 0 Å². The summed E-state index contributed by atoms with van der Waals surface area (Å²) in [5.74, 6) is 0. The molecule has 0 aliphatic carbocycles. The Hall–Kier alpha value is -1.90. The van der Waals surface area contributed by atoms with Gasteiger partial charge in [0.1, 0.15) is 0 Å². The van der Waals surface area contributed by atoms with Crippen LogP contribution in [0.5, 0.6) is 0 Å². The van der Waals surface area contributed by atoms with E-state index in [2.05, 4.69) is 78.9 Å². The van der Waals surface area contributed by atoms with Gasteiger partial charge in [0.25, 0.3) is 0 Å². The third-order valence-corrected chi connectivity index (χ3v) is 6.60. The molecule has 1 fully saturated rings. The molecule has 1 heterocycles. The van der Waals surface area contributed by atoms with E-state index >= 15 is 0 Å². The van der Waals surface area contributed by atoms with Gasteiger partial charge in [-0.2, -0.15) is 0 Å². The SMILES string of the molecule is C(C=CC1([SiH2]c2ccccc2)CCCCO1)=Cc1ccccc1. The molecular weight excluding hydrogens is 296 g/mol. The van der Waals surface area contributed by atoms with Gasteiger partial charge in [-0.1, -0.05) is 90.2 Å². The normalized spacial score (nSPS) is 22.4. The standard InChI is InChI=1S/C21H24OSi/c1-3-11-19(12-4-1)13-7-8-16-21(17-9-10-18-22-21)23-20-14-5-2-6-15-20/h1-8,11-16H,9-10,17-18,23H2. The second-order valence-electron chi connectivity index (χ2n) is 6.16. The topological polar surface area (TPSA) is 9.23 Å². The van der Waals surface area contributed by atoms with Crippen LogP contribution in [-0.4, -0.2) is 21.4 Å². The van der Waals surface area contributed by atoms with Crippen LogP contribution in [0.3, 0.4) is 0 Å². The molecule has 2 aromatic rings. The van der Waals surface area contributed by atoms with Gasteiger partial charge in [0.2, 0.25) is 0 Å². The highest BCUT2D eigenvalue weighted by Crippen LogP contribution is 2.25. The third kappa shape index (κ3) is 4.78. The molecule has 0 spiro atoms. The fourth-order valence-corrected chi connectivity index (χ4v) is 5.23. The first kappa shape index (κ1) is 16.0. The zero-order valence-electron chi connectivity index (χ0n) is 13.5. The monoisotopic (exact) mass is 320 g/mol. The van der Waals surface area contributed by atoms with Crippen molar-refractivity contribution in [1.82, 2.24) is 0 Å². The maximum Gasteiger partial charge on any atom is 0.0974 e. The molecule has 1 atom stereocenters. The van der Waals surface area contributed by atoms with Gasteiger partial charge in [0.05, 0.1) is 14.7 Å². The minimum Gasteiger partial charge on any atom is -0.375 e. The lowest BCUT2D eigenvalue weighted by atomic mass is 10.1. The van der Waals surface area contributed by atoms with Crippen LogP contribution in [0.1, 0.15) is 24.8 Å². The van der Waals surface area contributed by atoms with Gasteiger partial charge in [0, 0.05) is 6.61 Å². The molecular formula is C21H24OSi. The molecule has 0 saturated carbocycles. The van der Waals surface area contributed by atoms with E-state index in [0.717, 1.165) is 13.0 Å². The van der Waals surface area contributed by atoms with Gasteiger partial charge >= 0.3 is 0 Å². The second-order valence-corrected chi connectivity index (χ2v) is 8.53. The Kier molecular flexibility index (Phi) is 5.62. The van der Waals surface area contributed by atoms with Crippen LogP contribution in [0, 0.1) is 0 Å². The molecule has 3 rings (SSSR count). The molecule has 1 aliphatic heterocycles. The highest BCUT2D eigenvalue weighted by Gasteiger charge is 2.30. The first-order valence-corrected chi connectivity index (χ1v) is 9.87. The molecule has 0 bridgehead atoms. The van der Waals surface area contributed by atoms with Gasteiger partial charge in [-0.05, 0) is 24.8 Å². The maximum absolute atomic E-state index is 6.26. The first-order chi connectivity index (χ1) is 11.4. The second kappa shape index (κ2) is 8.09. The minimum atomic E-state index is -0.498. The van der Waals surface area contributed by atoms with E-state index in [1.54, 1.807) is 0 Å². The summed E-state index contributed by atoms with van der Waals surface area (Å²) in [5.41, 5.74) is 1.23. The van der Waals surface area contributed by atoms with Crippen molar-refractivity contribution >= 4 is 20.8 Å². The molecule has 1 nitrogen and oxygen atoms in total. The average molecular weight is 321 g/mol. The Morgan fingerprint density at radius 3 is 2.30 bits per heavy atom. The van der Waals surface area contributed by atoms with Gasteiger partial charge in [-0.3, -0.25) is 0 Å². The Morgan fingerprint density at radius 1 is 0.870 bits per heavy atom. The van der Waals surface area contributed by atoms with Crippen molar-refractivity contribution < 1.29 is 4.74 Å². The average Bonchev–Trinajstić information content (AvgIpc) is 2.61. The Balaban J connectivity index is 1.71. The van der Waals surface area contributed by atoms with Crippen LogP contribution in [-0.2, 0) is 4.74 Å². The number of hydrogen-bond donors (Lipinski definition) is 0. The van der Waals surface area contributed by atoms with Crippen molar-refractivity contribution in [2.24, 2.45) is 0 Å². The zero-order valence-corrected chi connectivity index (χ0v) is 14.9. The zero-order chi connectivity index (χ0) is 15.8. The molecule has 0 amide bonds. The van der Waals surface area contributed by atoms with E-state index in [-0.39, 0.29) is 5.22 Å². The van der Waals surface area contributed by atoms with Crippen molar-refractivity contribution in [3.63, 3.8) is 0 Å². The number of allylic oxidation sites excluding steroid dienone is 2. The van der Waals surface area contributed by atoms with E-state index in [9.17, 15) is 0 Å². The fourth-order valence-electron chi connectivity index (χ4n) is 3.11. The quantitative estimate of drug-likeness (QED) is 0.603. The smallest absolute Gasteiger partial charge is 0.0974 e. The number of hydrogen-bond acceptors (Lipinski definition) is 1. The molecule has 23 heavy (non-hydrogen) atoms. The summed E-state index contributed by atoms with van der Waals surface area (Å²) < 4.78 is 6.26. The molecule has 0 aromatic heterocycles. The lowest BCUT2D eigenvalue weighted by molar-refractivity contribution is 0.0137. The fraction of sp³-hybridized carbons (Fsp3) is 0.238. The summed E-state index contributed by atoms with van der Waals surface area (Å²) in [6.45, 7) is 0.895. The van der Waals surface area contributed by atoms with Crippen LogP contribution in [0.2, 0.25) is 0 Å². The van der Waals surface area contributed by atoms with Crippen molar-refractivity contribution in [3.05, 3.63) is 84.5 Å². The van der Waals surface area contributed by atoms with Crippen molar-refractivity contribution in [1.29, 1.82) is 0 Å². The highest BCUT2D eigenvalue weighted by molar-refractivity contribution is 6.57. The first-order valence-electron chi connectivity index (χ1n) is 8.45. The predicted molar refractivity (Wildman–Crippen MR) is 102 cm³/mol. The number of benzene rings is 2. The Labute approximate surface area is 141 Å². The molecule has 1 saturated heterocycles. The summed E-state index contributed by atoms with van der Waals surface area (Å²) in [6.07, 6.45) is 12.4. The largest absolute Gasteiger partial charge is 0.375 e. The van der Waals surface area contributed by atoms with Crippen LogP contribution >= 0.6 is 0 Å². The van der Waals surface area contributed by atoms with Crippen LogP contribution in [0.25, 0.3) is 6.08 Å². The third-order valence-electron chi connectivity index (χ3n) is 4.33. The van der Waals surface area contributed by atoms with Gasteiger partial charge < -0.3 is 4.74 Å². The predicted octanol–water partition coefficient (Wildman–Crippen LogP) is 3.65. The molecule has 1 unspecified atom stereocenters. The van der Waals surface area contributed by atoms with Crippen molar-refractivity contribution in [3.8, 4) is 0 Å². The summed E-state index contributed by atoms with van der Waals surface area (Å²) in [5, 5.41) is 1.46. The molecule has 0 N–H and O–H groups in total. The Bertz CT molecular complexity index is 640. The van der Waals surface area contributed by atoms with Crippen molar-refractivity contribution in [2.75, 3.05) is 6.61 Å². The summed E-state index contributed by atoms with van der Waals surface area (Å²) in [7, 11) is -0.498. The van der Waals surface area contributed by atoms with E-state index in [0.29, 0.717) is 0 Å². The number of rotatable bonds is 5. The van der Waals surface area contributed by atoms with Crippen LogP contribution in [0.15, 0.2) is 78.9 Å². The lowest BCUT2D eigenvalue weighted by Crippen LogP contribution is -2.45. The maximum atomic E-state index is 6.26. The highest BCUT2D eigenvalue weighted by atomic mass is 28.2. The summed E-state index contributed by atoms with van der Waals surface area (Å²) in [6, 6.07) is 21.3. The summed E-state index contributed by atoms with van der Waals surface area (Å²) >= 11 is 0. The van der Waals surface area contributed by atoms with Crippen LogP contribution < -0.4 is 5.19 Å². The molecule has 2 aromatic carbocycles. The summed E-state index contributed by atoms with van der Waals surface area (Å²) in [4.78, 5) is 0. The Morgan fingerprint density at radius 2 is 1.61 bits per heavy atom. The minimum absolute atomic E-state index is 0.0133. The van der Waals surface area contributed by atoms with Gasteiger partial charge in [-0.25, -0.2) is 0 Å². The molecule has 2 heteroatoms. The lowest BCUT2D eigenvalue weighted by Gasteiger charge is -2.35. The molecule has 1 aliphatic rings. The number of ether oxygens (including phenoxy) is 1. The van der Waals surface area contributed by atoms with E-state index in [1.807, 2.05) is 6.07 Å². The van der Waals surface area contributed by atoms with Crippen LogP contribution in [0.4, 0.5) is 0 Å². The van der Waals surface area contributed by atoms with E-state index in [4.69, 9.17) is 4.74 Å². The van der Waals surface area contributed by atoms with Gasteiger partial charge in [0.15, 0.2) is 0 Å². The van der Waals surface area contributed by atoms with E-state index < -0.39 is 9.52 Å². The van der Waals surface area contributed by atoms with E-state index in [1.165, 1.54) is 23.6 Å². The van der Waals surface area contributed by atoms with Crippen molar-refractivity contribution in [2.45, 2.75) is 24.5 Å². The molecule has 118 valence electrons. The molecule has 0 radical (unpaired) electrons.